The van der Waals surface area contributed by atoms with E-state index in [2.05, 4.69) is 0 Å². The molecule has 0 bridgehead atoms. The topological polar surface area (TPSA) is 142 Å². The van der Waals surface area contributed by atoms with Crippen LogP contribution in [0.25, 0.3) is 0 Å². The first-order chi connectivity index (χ1) is 1.41. The van der Waals surface area contributed by atoms with Gasteiger partial charge in [0, 0.05) is 0 Å². The maximum Gasteiger partial charge on any atom is 0.290 e. The van der Waals surface area contributed by atoms with Crippen LogP contribution in [0.2, 0.25) is 0 Å². The third-order valence-corrected chi connectivity index (χ3v) is 0. The van der Waals surface area contributed by atoms with Gasteiger partial charge in [0.05, 0.1) is 0 Å². The molecule has 0 aliphatic carbocycles. The predicted molar refractivity (Wildman–Crippen MR) is 23.8 cm³/mol. The Morgan fingerprint density at radius 1 is 1.17 bits per heavy atom. The van der Waals surface area contributed by atoms with Crippen molar-refractivity contribution in [3.8, 4) is 0 Å². The summed E-state index contributed by atoms with van der Waals surface area (Å²) >= 11 is 0. The third kappa shape index (κ3) is 43.8. The number of rotatable bonds is 0. The molecule has 0 unspecified atom stereocenters. The Kier molecular flexibility index (Phi) is 3690. The van der Waals surface area contributed by atoms with E-state index in [0.29, 0.717) is 0 Å². The van der Waals surface area contributed by atoms with Crippen molar-refractivity contribution in [2.75, 3.05) is 0 Å². The fraction of sp³-hybridized carbons (Fsp3) is 0. The molecule has 0 aliphatic rings. The van der Waals surface area contributed by atoms with Crippen molar-refractivity contribution in [3.05, 3.63) is 0 Å². The zero-order valence-corrected chi connectivity index (χ0v) is 3.55. The molecule has 0 rings (SSSR count). The van der Waals surface area contributed by atoms with Gasteiger partial charge in [0.1, 0.15) is 0 Å². The second-order valence-corrected chi connectivity index (χ2v) is 0.105. The van der Waals surface area contributed by atoms with Gasteiger partial charge in [0.15, 0.2) is 0 Å². The van der Waals surface area contributed by atoms with Crippen LogP contribution in [0.4, 0.5) is 0 Å². The van der Waals surface area contributed by atoms with E-state index in [1.807, 2.05) is 0 Å². The summed E-state index contributed by atoms with van der Waals surface area (Å²) in [5, 5.41) is 6.89. The fourth-order valence-electron chi connectivity index (χ4n) is 0. The Morgan fingerprint density at radius 3 is 1.17 bits per heavy atom. The molecule has 0 aliphatic heterocycles. The van der Waals surface area contributed by atoms with E-state index in [-0.39, 0.29) is 24.9 Å². The summed E-state index contributed by atoms with van der Waals surface area (Å²) in [4.78, 5) is 8.36. The molecule has 0 radical (unpaired) electrons. The highest BCUT2D eigenvalue weighted by atomic mass is 16.3. The van der Waals surface area contributed by atoms with Crippen LogP contribution in [0.3, 0.4) is 0 Å². The van der Waals surface area contributed by atoms with Crippen molar-refractivity contribution in [1.29, 1.82) is 0 Å². The van der Waals surface area contributed by atoms with Crippen molar-refractivity contribution >= 4 is 6.47 Å². The van der Waals surface area contributed by atoms with Gasteiger partial charge in [-0.2, -0.15) is 0 Å². The summed E-state index contributed by atoms with van der Waals surface area (Å²) in [5.74, 6) is 0. The molecule has 0 aromatic carbocycles. The van der Waals surface area contributed by atoms with Crippen LogP contribution in [0.15, 0.2) is 0 Å². The van der Waals surface area contributed by atoms with E-state index in [0.717, 1.165) is 0 Å². The zero-order valence-electron chi connectivity index (χ0n) is 3.55. The fourth-order valence-corrected chi connectivity index (χ4v) is 0. The lowest BCUT2D eigenvalue weighted by Crippen LogP contribution is -1.49. The summed E-state index contributed by atoms with van der Waals surface area (Å²) in [7, 11) is 0. The van der Waals surface area contributed by atoms with Crippen molar-refractivity contribution in [3.63, 3.8) is 0 Å². The zero-order chi connectivity index (χ0) is 2.71. The normalized spacial score (nSPS) is 2.00. The van der Waals surface area contributed by atoms with Gasteiger partial charge in [0.25, 0.3) is 6.47 Å². The highest BCUT2D eigenvalue weighted by molar-refractivity contribution is 5.32. The van der Waals surface area contributed by atoms with E-state index in [1.165, 1.54) is 0 Å². The summed E-state index contributed by atoms with van der Waals surface area (Å²) < 4.78 is 0. The molecule has 0 aromatic heterocycles. The van der Waals surface area contributed by atoms with Gasteiger partial charge in [-0.15, -0.1) is 0 Å². The molecular weight excluding hydrogens is 86.0 g/mol. The third-order valence-electron chi connectivity index (χ3n) is 0. The molecule has 0 fully saturated rings. The Morgan fingerprint density at radius 2 is 1.17 bits per heavy atom. The number of carboxylic acid groups (broad SMARTS) is 1. The number of carbonyl (C=O) groups is 1. The largest absolute Gasteiger partial charge is 0.483 e. The highest BCUT2D eigenvalue weighted by Gasteiger charge is 1.22. The molecule has 0 atom stereocenters. The number of hydrogen-bond donors (Lipinski definition) is 4. The second kappa shape index (κ2) is 399. The standard InChI is InChI=1S/CH2O2.3H3N/c2-1-3;;;/h1H,(H,2,3);3*1H3. The predicted octanol–water partition coefficient (Wildman–Crippen LogP) is 0.187. The van der Waals surface area contributed by atoms with Crippen LogP contribution in [0.5, 0.6) is 0 Å². The molecular formula is CH11N3O2. The lowest BCUT2D eigenvalue weighted by Gasteiger charge is -1.34. The molecule has 5 nitrogen and oxygen atoms in total. The molecule has 0 saturated carbocycles. The smallest absolute Gasteiger partial charge is 0.290 e. The molecule has 42 valence electrons. The second-order valence-electron chi connectivity index (χ2n) is 0.105. The summed E-state index contributed by atoms with van der Waals surface area (Å²) in [5.41, 5.74) is 0. The van der Waals surface area contributed by atoms with Crippen LogP contribution < -0.4 is 18.5 Å². The van der Waals surface area contributed by atoms with Crippen molar-refractivity contribution in [2.24, 2.45) is 0 Å². The SMILES string of the molecule is N.N.N.O=CO. The minimum atomic E-state index is -0.250. The Bertz CT molecular complexity index is 16.3. The molecule has 10 N–H and O–H groups in total. The summed E-state index contributed by atoms with van der Waals surface area (Å²) in [6, 6.07) is 0. The van der Waals surface area contributed by atoms with Gasteiger partial charge in [-0.25, -0.2) is 0 Å². The monoisotopic (exact) mass is 97.1 g/mol. The van der Waals surface area contributed by atoms with E-state index in [9.17, 15) is 0 Å². The molecule has 0 aromatic rings. The highest BCUT2D eigenvalue weighted by Crippen LogP contribution is 0.966. The Balaban J connectivity index is -0.00000000667. The number of hydrogen-bond acceptors (Lipinski definition) is 4. The molecule has 0 amide bonds. The average molecular weight is 97.1 g/mol. The van der Waals surface area contributed by atoms with Crippen molar-refractivity contribution in [2.45, 2.75) is 0 Å². The molecule has 0 heterocycles. The van der Waals surface area contributed by atoms with Crippen molar-refractivity contribution < 1.29 is 9.90 Å². The van der Waals surface area contributed by atoms with E-state index in [4.69, 9.17) is 9.90 Å². The van der Waals surface area contributed by atoms with Gasteiger partial charge in [-0.1, -0.05) is 0 Å². The lowest BCUT2D eigenvalue weighted by molar-refractivity contribution is -0.122. The minimum absolute atomic E-state index is 0. The molecule has 0 saturated heterocycles. The van der Waals surface area contributed by atoms with Crippen LogP contribution in [-0.4, -0.2) is 11.6 Å². The first-order valence-electron chi connectivity index (χ1n) is 0.494. The summed E-state index contributed by atoms with van der Waals surface area (Å²) in [6.45, 7) is -0.250. The molecule has 0 spiro atoms. The van der Waals surface area contributed by atoms with Gasteiger partial charge in [-0.3, -0.25) is 4.79 Å². The Hall–Kier alpha value is -0.650. The maximum atomic E-state index is 8.36. The molecule has 6 heavy (non-hydrogen) atoms. The first-order valence-corrected chi connectivity index (χ1v) is 0.494. The quantitative estimate of drug-likeness (QED) is 0.319. The van der Waals surface area contributed by atoms with Crippen molar-refractivity contribution in [1.82, 2.24) is 18.5 Å². The van der Waals surface area contributed by atoms with Gasteiger partial charge < -0.3 is 23.6 Å². The van der Waals surface area contributed by atoms with Crippen LogP contribution in [0.1, 0.15) is 0 Å². The molecule has 5 heteroatoms. The van der Waals surface area contributed by atoms with Gasteiger partial charge in [0.2, 0.25) is 0 Å². The Labute approximate surface area is 36.1 Å². The van der Waals surface area contributed by atoms with Crippen LogP contribution in [-0.2, 0) is 4.79 Å². The first kappa shape index (κ1) is 55.5. The minimum Gasteiger partial charge on any atom is -0.483 e. The average Bonchev–Trinajstić information content (AvgIpc) is 0.918. The van der Waals surface area contributed by atoms with E-state index >= 15 is 0 Å². The maximum absolute atomic E-state index is 8.36. The van der Waals surface area contributed by atoms with Crippen LogP contribution in [0, 0.1) is 0 Å². The summed E-state index contributed by atoms with van der Waals surface area (Å²) in [6.07, 6.45) is 0. The van der Waals surface area contributed by atoms with Crippen LogP contribution >= 0.6 is 0 Å². The van der Waals surface area contributed by atoms with Gasteiger partial charge >= 0.3 is 0 Å². The van der Waals surface area contributed by atoms with E-state index in [1.54, 1.807) is 0 Å². The van der Waals surface area contributed by atoms with E-state index < -0.39 is 0 Å². The van der Waals surface area contributed by atoms with Gasteiger partial charge in [-0.05, 0) is 0 Å². The lowest BCUT2D eigenvalue weighted by atomic mass is 11.7.